The third-order valence-corrected chi connectivity index (χ3v) is 7.85. The van der Waals surface area contributed by atoms with E-state index in [1.54, 1.807) is 24.0 Å². The van der Waals surface area contributed by atoms with Crippen LogP contribution >= 0.6 is 0 Å². The van der Waals surface area contributed by atoms with Gasteiger partial charge in [-0.2, -0.15) is 0 Å². The van der Waals surface area contributed by atoms with Gasteiger partial charge in [0.05, 0.1) is 17.1 Å². The van der Waals surface area contributed by atoms with Crippen LogP contribution in [0.2, 0.25) is 0 Å². The molecule has 2 N–H and O–H groups in total. The van der Waals surface area contributed by atoms with Crippen molar-refractivity contribution in [3.63, 3.8) is 0 Å². The van der Waals surface area contributed by atoms with E-state index in [2.05, 4.69) is 10.0 Å². The minimum Gasteiger partial charge on any atom is -0.381 e. The van der Waals surface area contributed by atoms with Crippen LogP contribution in [0.1, 0.15) is 40.0 Å². The van der Waals surface area contributed by atoms with Crippen molar-refractivity contribution in [2.75, 3.05) is 27.2 Å². The second-order valence-corrected chi connectivity index (χ2v) is 10.8. The van der Waals surface area contributed by atoms with Crippen molar-refractivity contribution >= 4 is 38.8 Å². The number of hydrogen-bond donors (Lipinski definition) is 2. The van der Waals surface area contributed by atoms with Crippen molar-refractivity contribution in [2.45, 2.75) is 45.6 Å². The third-order valence-electron chi connectivity index (χ3n) is 6.55. The maximum absolute atomic E-state index is 13.2. The molecule has 8 heteroatoms. The number of carbonyl (C=O) groups excluding carboxylic acids is 2. The normalized spacial score (nSPS) is 20.7. The average molecular weight is 456 g/mol. The van der Waals surface area contributed by atoms with Crippen LogP contribution in [0.3, 0.4) is 0 Å². The predicted octanol–water partition coefficient (Wildman–Crippen LogP) is 4.02. The molecule has 4 rings (SSSR count). The van der Waals surface area contributed by atoms with Crippen molar-refractivity contribution in [1.82, 2.24) is 0 Å². The highest BCUT2D eigenvalue weighted by atomic mass is 32.2. The maximum atomic E-state index is 13.2. The van der Waals surface area contributed by atoms with Crippen LogP contribution in [-0.2, 0) is 19.6 Å². The van der Waals surface area contributed by atoms with E-state index in [0.717, 1.165) is 36.1 Å². The van der Waals surface area contributed by atoms with Crippen molar-refractivity contribution in [3.05, 3.63) is 42.5 Å². The SMILES string of the molecule is CCS(=O)(=O)Nc1ccc(-c2ccc3c(c2)NC[C@@](C)(C(=O)C2CCC2)N3C(C)=O)cc1. The molecule has 1 amide bonds. The first-order valence-corrected chi connectivity index (χ1v) is 12.6. The van der Waals surface area contributed by atoms with E-state index < -0.39 is 15.6 Å². The number of anilines is 3. The Hall–Kier alpha value is -2.87. The summed E-state index contributed by atoms with van der Waals surface area (Å²) >= 11 is 0. The smallest absolute Gasteiger partial charge is 0.232 e. The zero-order valence-corrected chi connectivity index (χ0v) is 19.5. The van der Waals surface area contributed by atoms with E-state index in [9.17, 15) is 18.0 Å². The van der Waals surface area contributed by atoms with Gasteiger partial charge in [0.2, 0.25) is 15.9 Å². The zero-order chi connectivity index (χ0) is 23.1. The average Bonchev–Trinajstić information content (AvgIpc) is 2.72. The fraction of sp³-hybridized carbons (Fsp3) is 0.417. The van der Waals surface area contributed by atoms with Crippen LogP contribution in [0.15, 0.2) is 42.5 Å². The number of carbonyl (C=O) groups is 2. The molecule has 2 aromatic rings. The molecule has 1 atom stereocenters. The van der Waals surface area contributed by atoms with Gasteiger partial charge in [0.15, 0.2) is 5.78 Å². The van der Waals surface area contributed by atoms with E-state index >= 15 is 0 Å². The van der Waals surface area contributed by atoms with E-state index in [0.29, 0.717) is 17.9 Å². The molecule has 2 aromatic carbocycles. The maximum Gasteiger partial charge on any atom is 0.232 e. The summed E-state index contributed by atoms with van der Waals surface area (Å²) in [6.07, 6.45) is 2.87. The Morgan fingerprint density at radius 1 is 1.12 bits per heavy atom. The van der Waals surface area contributed by atoms with Gasteiger partial charge in [-0.3, -0.25) is 19.2 Å². The monoisotopic (exact) mass is 455 g/mol. The molecule has 32 heavy (non-hydrogen) atoms. The molecule has 1 heterocycles. The largest absolute Gasteiger partial charge is 0.381 e. The number of ketones is 1. The molecule has 0 spiro atoms. The predicted molar refractivity (Wildman–Crippen MR) is 127 cm³/mol. The molecular weight excluding hydrogens is 426 g/mol. The van der Waals surface area contributed by atoms with Crippen LogP contribution in [0.25, 0.3) is 11.1 Å². The first-order valence-electron chi connectivity index (χ1n) is 11.0. The number of fused-ring (bicyclic) bond motifs is 1. The molecular formula is C24H29N3O4S. The number of nitrogens with one attached hydrogen (secondary N) is 2. The fourth-order valence-corrected chi connectivity index (χ4v) is 5.11. The fourth-order valence-electron chi connectivity index (χ4n) is 4.47. The van der Waals surface area contributed by atoms with Crippen LogP contribution in [-0.4, -0.2) is 37.9 Å². The van der Waals surface area contributed by atoms with E-state index in [1.165, 1.54) is 6.92 Å². The summed E-state index contributed by atoms with van der Waals surface area (Å²) in [5.41, 5.74) is 2.96. The molecule has 1 aliphatic heterocycles. The lowest BCUT2D eigenvalue weighted by molar-refractivity contribution is -0.132. The first kappa shape index (κ1) is 22.3. The highest BCUT2D eigenvalue weighted by Crippen LogP contribution is 2.42. The summed E-state index contributed by atoms with van der Waals surface area (Å²) in [5, 5.41) is 3.38. The highest BCUT2D eigenvalue weighted by Gasteiger charge is 2.48. The van der Waals surface area contributed by atoms with Gasteiger partial charge in [-0.25, -0.2) is 8.42 Å². The molecule has 7 nitrogen and oxygen atoms in total. The number of hydrogen-bond acceptors (Lipinski definition) is 5. The van der Waals surface area contributed by atoms with Crippen molar-refractivity contribution in [1.29, 1.82) is 0 Å². The van der Waals surface area contributed by atoms with Gasteiger partial charge in [0.25, 0.3) is 0 Å². The third kappa shape index (κ3) is 3.99. The topological polar surface area (TPSA) is 95.6 Å². The molecule has 2 aliphatic rings. The highest BCUT2D eigenvalue weighted by molar-refractivity contribution is 7.92. The van der Waals surface area contributed by atoms with Gasteiger partial charge in [-0.1, -0.05) is 24.6 Å². The zero-order valence-electron chi connectivity index (χ0n) is 18.6. The Bertz CT molecular complexity index is 1160. The lowest BCUT2D eigenvalue weighted by Crippen LogP contribution is -2.63. The number of amides is 1. The summed E-state index contributed by atoms with van der Waals surface area (Å²) in [5.74, 6) is 0.0303. The van der Waals surface area contributed by atoms with E-state index in [-0.39, 0.29) is 23.4 Å². The molecule has 1 fully saturated rings. The first-order chi connectivity index (χ1) is 15.1. The Morgan fingerprint density at radius 3 is 2.34 bits per heavy atom. The molecule has 0 aromatic heterocycles. The van der Waals surface area contributed by atoms with Gasteiger partial charge < -0.3 is 5.32 Å². The van der Waals surface area contributed by atoms with Crippen molar-refractivity contribution in [2.24, 2.45) is 5.92 Å². The van der Waals surface area contributed by atoms with Crippen LogP contribution in [0.4, 0.5) is 17.1 Å². The quantitative estimate of drug-likeness (QED) is 0.686. The molecule has 0 saturated heterocycles. The van der Waals surface area contributed by atoms with E-state index in [4.69, 9.17) is 0 Å². The molecule has 0 radical (unpaired) electrons. The number of rotatable bonds is 6. The minimum absolute atomic E-state index is 0.0139. The summed E-state index contributed by atoms with van der Waals surface area (Å²) in [4.78, 5) is 27.5. The number of nitrogens with zero attached hydrogens (tertiary/aromatic N) is 1. The van der Waals surface area contributed by atoms with E-state index in [1.807, 2.05) is 37.3 Å². The molecule has 1 saturated carbocycles. The van der Waals surface area contributed by atoms with Crippen LogP contribution in [0, 0.1) is 5.92 Å². The summed E-state index contributed by atoms with van der Waals surface area (Å²) in [6.45, 7) is 5.32. The number of benzene rings is 2. The summed E-state index contributed by atoms with van der Waals surface area (Å²) in [7, 11) is -3.32. The molecule has 1 aliphatic carbocycles. The van der Waals surface area contributed by atoms with Gasteiger partial charge in [-0.05, 0) is 62.1 Å². The molecule has 0 unspecified atom stereocenters. The van der Waals surface area contributed by atoms with Crippen LogP contribution in [0.5, 0.6) is 0 Å². The Morgan fingerprint density at radius 2 is 1.78 bits per heavy atom. The van der Waals surface area contributed by atoms with Crippen LogP contribution < -0.4 is 14.9 Å². The second-order valence-electron chi connectivity index (χ2n) is 8.79. The molecule has 170 valence electrons. The van der Waals surface area contributed by atoms with Gasteiger partial charge in [-0.15, -0.1) is 0 Å². The van der Waals surface area contributed by atoms with Gasteiger partial charge >= 0.3 is 0 Å². The summed E-state index contributed by atoms with van der Waals surface area (Å²) in [6, 6.07) is 12.9. The molecule has 0 bridgehead atoms. The van der Waals surface area contributed by atoms with Gasteiger partial charge in [0, 0.05) is 25.1 Å². The minimum atomic E-state index is -3.32. The summed E-state index contributed by atoms with van der Waals surface area (Å²) < 4.78 is 26.1. The van der Waals surface area contributed by atoms with Gasteiger partial charge in [0.1, 0.15) is 5.54 Å². The van der Waals surface area contributed by atoms with Crippen molar-refractivity contribution in [3.8, 4) is 11.1 Å². The standard InChI is InChI=1S/C24H29N3O4S/c1-4-32(30,31)26-20-11-8-17(9-12-20)19-10-13-22-21(14-19)25-15-24(3,27(22)16(2)28)23(29)18-6-5-7-18/h8-14,18,25-26H,4-7,15H2,1-3H3/t24-/m0/s1. The lowest BCUT2D eigenvalue weighted by atomic mass is 9.73. The Balaban J connectivity index is 1.63. The lowest BCUT2D eigenvalue weighted by Gasteiger charge is -2.47. The number of sulfonamides is 1. The Kier molecular flexibility index (Phi) is 5.75. The van der Waals surface area contributed by atoms with Crippen molar-refractivity contribution < 1.29 is 18.0 Å². The second kappa shape index (κ2) is 8.24. The Labute approximate surface area is 189 Å². The number of Topliss-reactive ketones (excluding diaryl/α,β-unsaturated/α-hetero) is 1.